The van der Waals surface area contributed by atoms with Crippen molar-refractivity contribution < 1.29 is 23.6 Å². The molecule has 3 rings (SSSR count). The Morgan fingerprint density at radius 3 is 2.37 bits per heavy atom. The number of nitrogens with one attached hydrogen (secondary N) is 1. The second kappa shape index (κ2) is 9.04. The second-order valence-corrected chi connectivity index (χ2v) is 6.64. The number of Topliss-reactive ketones (excluding diaryl/α,β-unsaturated/α-hetero) is 1. The van der Waals surface area contributed by atoms with Gasteiger partial charge < -0.3 is 20.3 Å². The summed E-state index contributed by atoms with van der Waals surface area (Å²) in [7, 11) is 1.54. The minimum absolute atomic E-state index is 0.0858. The maximum atomic E-state index is 13.0. The highest BCUT2D eigenvalue weighted by Gasteiger charge is 2.29. The van der Waals surface area contributed by atoms with Crippen LogP contribution in [0.15, 0.2) is 59.1 Å². The number of nitrogens with two attached hydrogens (primary N) is 1. The van der Waals surface area contributed by atoms with Crippen LogP contribution in [0.3, 0.4) is 0 Å². The Morgan fingerprint density at radius 1 is 1.10 bits per heavy atom. The normalized spacial score (nSPS) is 11.5. The summed E-state index contributed by atoms with van der Waals surface area (Å²) in [5.41, 5.74) is 7.13. The topological polar surface area (TPSA) is 125 Å². The van der Waals surface area contributed by atoms with Crippen LogP contribution in [-0.4, -0.2) is 35.9 Å². The second-order valence-electron chi connectivity index (χ2n) is 6.64. The highest BCUT2D eigenvalue weighted by atomic mass is 16.5. The average Bonchev–Trinajstić information content (AvgIpc) is 3.15. The maximum Gasteiger partial charge on any atom is 0.287 e. The molecule has 0 aliphatic heterocycles. The fourth-order valence-electron chi connectivity index (χ4n) is 3.03. The zero-order chi connectivity index (χ0) is 21.7. The van der Waals surface area contributed by atoms with Crippen molar-refractivity contribution in [3.05, 3.63) is 71.4 Å². The molecule has 3 N–H and O–H groups in total. The third-order valence-corrected chi connectivity index (χ3v) is 4.59. The number of carbonyl (C=O) groups is 3. The molecule has 8 nitrogen and oxygen atoms in total. The van der Waals surface area contributed by atoms with Gasteiger partial charge in [-0.05, 0) is 24.6 Å². The molecule has 2 amide bonds. The van der Waals surface area contributed by atoms with Gasteiger partial charge in [-0.1, -0.05) is 47.6 Å². The van der Waals surface area contributed by atoms with Gasteiger partial charge in [0.15, 0.2) is 5.76 Å². The zero-order valence-electron chi connectivity index (χ0n) is 16.5. The quantitative estimate of drug-likeness (QED) is 0.551. The molecule has 0 fully saturated rings. The fourth-order valence-corrected chi connectivity index (χ4v) is 3.03. The van der Waals surface area contributed by atoms with Gasteiger partial charge in [0.25, 0.3) is 11.8 Å². The first-order valence-corrected chi connectivity index (χ1v) is 9.19. The lowest BCUT2D eigenvalue weighted by Gasteiger charge is -2.16. The first-order chi connectivity index (χ1) is 14.4. The summed E-state index contributed by atoms with van der Waals surface area (Å²) >= 11 is 0. The molecule has 1 unspecified atom stereocenters. The van der Waals surface area contributed by atoms with E-state index in [9.17, 15) is 14.4 Å². The lowest BCUT2D eigenvalue weighted by Crippen LogP contribution is -2.47. The molecule has 3 aromatic rings. The summed E-state index contributed by atoms with van der Waals surface area (Å²) in [5.74, 6) is -1.68. The van der Waals surface area contributed by atoms with Gasteiger partial charge >= 0.3 is 0 Å². The predicted octanol–water partition coefficient (Wildman–Crippen LogP) is 2.05. The number of nitrogens with zero attached hydrogens (tertiary/aromatic N) is 1. The van der Waals surface area contributed by atoms with E-state index in [-0.39, 0.29) is 17.7 Å². The Hall–Kier alpha value is -3.94. The van der Waals surface area contributed by atoms with Crippen molar-refractivity contribution in [1.29, 1.82) is 0 Å². The number of benzene rings is 2. The van der Waals surface area contributed by atoms with Crippen LogP contribution in [0.25, 0.3) is 11.3 Å². The van der Waals surface area contributed by atoms with Crippen molar-refractivity contribution in [2.45, 2.75) is 19.4 Å². The molecule has 0 bridgehead atoms. The first kappa shape index (κ1) is 20.8. The SMILES string of the molecule is COc1ccc(CC(NC(=O)c2c(C)noc2-c2ccccc2)C(=O)C(N)=O)cc1. The zero-order valence-corrected chi connectivity index (χ0v) is 16.5. The van der Waals surface area contributed by atoms with Crippen molar-refractivity contribution in [2.24, 2.45) is 5.73 Å². The Morgan fingerprint density at radius 2 is 1.77 bits per heavy atom. The number of ether oxygens (including phenoxy) is 1. The molecule has 0 spiro atoms. The Labute approximate surface area is 173 Å². The molecule has 0 saturated carbocycles. The van der Waals surface area contributed by atoms with Crippen molar-refractivity contribution >= 4 is 17.6 Å². The molecule has 0 saturated heterocycles. The highest BCUT2D eigenvalue weighted by Crippen LogP contribution is 2.26. The smallest absolute Gasteiger partial charge is 0.287 e. The Balaban J connectivity index is 1.88. The summed E-state index contributed by atoms with van der Waals surface area (Å²) in [4.78, 5) is 36.9. The summed E-state index contributed by atoms with van der Waals surface area (Å²) < 4.78 is 10.4. The van der Waals surface area contributed by atoms with E-state index < -0.39 is 23.6 Å². The van der Waals surface area contributed by atoms with E-state index in [0.29, 0.717) is 17.0 Å². The summed E-state index contributed by atoms with van der Waals surface area (Å²) in [6, 6.07) is 14.8. The van der Waals surface area contributed by atoms with Crippen molar-refractivity contribution in [1.82, 2.24) is 10.5 Å². The number of amides is 2. The lowest BCUT2D eigenvalue weighted by molar-refractivity contribution is -0.137. The number of rotatable bonds is 8. The van der Waals surface area contributed by atoms with Crippen LogP contribution in [0.1, 0.15) is 21.6 Å². The van der Waals surface area contributed by atoms with E-state index in [1.54, 1.807) is 62.6 Å². The number of carbonyl (C=O) groups excluding carboxylic acids is 3. The molecule has 1 aromatic heterocycles. The van der Waals surface area contributed by atoms with E-state index in [1.807, 2.05) is 6.07 Å². The Kier molecular flexibility index (Phi) is 6.26. The summed E-state index contributed by atoms with van der Waals surface area (Å²) in [5, 5.41) is 6.49. The van der Waals surface area contributed by atoms with Crippen LogP contribution in [0.5, 0.6) is 5.75 Å². The third kappa shape index (κ3) is 4.54. The van der Waals surface area contributed by atoms with Gasteiger partial charge in [0.05, 0.1) is 12.8 Å². The number of aryl methyl sites for hydroxylation is 1. The predicted molar refractivity (Wildman–Crippen MR) is 109 cm³/mol. The van der Waals surface area contributed by atoms with Crippen LogP contribution in [0.2, 0.25) is 0 Å². The van der Waals surface area contributed by atoms with Crippen molar-refractivity contribution in [3.8, 4) is 17.1 Å². The van der Waals surface area contributed by atoms with Crippen molar-refractivity contribution in [2.75, 3.05) is 7.11 Å². The van der Waals surface area contributed by atoms with Gasteiger partial charge in [0, 0.05) is 12.0 Å². The van der Waals surface area contributed by atoms with Crippen LogP contribution < -0.4 is 15.8 Å². The van der Waals surface area contributed by atoms with Gasteiger partial charge in [0.1, 0.15) is 17.4 Å². The Bertz CT molecular complexity index is 1060. The molecule has 0 aliphatic carbocycles. The molecule has 1 atom stereocenters. The summed E-state index contributed by atoms with van der Waals surface area (Å²) in [6.45, 7) is 1.62. The molecule has 8 heteroatoms. The van der Waals surface area contributed by atoms with E-state index in [4.69, 9.17) is 15.0 Å². The molecular formula is C22H21N3O5. The molecule has 0 aliphatic rings. The van der Waals surface area contributed by atoms with Gasteiger partial charge in [-0.25, -0.2) is 0 Å². The molecule has 1 heterocycles. The monoisotopic (exact) mass is 407 g/mol. The van der Waals surface area contributed by atoms with Gasteiger partial charge in [-0.2, -0.15) is 0 Å². The maximum absolute atomic E-state index is 13.0. The van der Waals surface area contributed by atoms with E-state index >= 15 is 0 Å². The number of hydrogen-bond donors (Lipinski definition) is 2. The average molecular weight is 407 g/mol. The van der Waals surface area contributed by atoms with Gasteiger partial charge in [-0.15, -0.1) is 0 Å². The molecule has 30 heavy (non-hydrogen) atoms. The lowest BCUT2D eigenvalue weighted by atomic mass is 10.0. The van der Waals surface area contributed by atoms with E-state index in [0.717, 1.165) is 5.56 Å². The first-order valence-electron chi connectivity index (χ1n) is 9.19. The fraction of sp³-hybridized carbons (Fsp3) is 0.182. The number of ketones is 1. The van der Waals surface area contributed by atoms with Crippen LogP contribution >= 0.6 is 0 Å². The van der Waals surface area contributed by atoms with Crippen LogP contribution in [-0.2, 0) is 16.0 Å². The molecule has 154 valence electrons. The standard InChI is InChI=1S/C22H21N3O5/c1-13-18(20(30-25-13)15-6-4-3-5-7-15)22(28)24-17(19(26)21(23)27)12-14-8-10-16(29-2)11-9-14/h3-11,17H,12H2,1-2H3,(H2,23,27)(H,24,28). The number of methoxy groups -OCH3 is 1. The molecule has 2 aromatic carbocycles. The molecular weight excluding hydrogens is 386 g/mol. The highest BCUT2D eigenvalue weighted by molar-refractivity contribution is 6.38. The van der Waals surface area contributed by atoms with Crippen LogP contribution in [0, 0.1) is 6.92 Å². The van der Waals surface area contributed by atoms with Gasteiger partial charge in [-0.3, -0.25) is 14.4 Å². The largest absolute Gasteiger partial charge is 0.497 e. The van der Waals surface area contributed by atoms with Crippen LogP contribution in [0.4, 0.5) is 0 Å². The van der Waals surface area contributed by atoms with E-state index in [2.05, 4.69) is 10.5 Å². The van der Waals surface area contributed by atoms with E-state index in [1.165, 1.54) is 0 Å². The van der Waals surface area contributed by atoms with Crippen molar-refractivity contribution in [3.63, 3.8) is 0 Å². The van der Waals surface area contributed by atoms with Gasteiger partial charge in [0.2, 0.25) is 5.78 Å². The third-order valence-electron chi connectivity index (χ3n) is 4.59. The minimum atomic E-state index is -1.14. The number of hydrogen-bond acceptors (Lipinski definition) is 6. The minimum Gasteiger partial charge on any atom is -0.497 e. The number of primary amides is 1. The summed E-state index contributed by atoms with van der Waals surface area (Å²) in [6.07, 6.45) is 0.0858. The molecule has 0 radical (unpaired) electrons. The number of aromatic nitrogens is 1.